The van der Waals surface area contributed by atoms with Crippen molar-refractivity contribution in [3.05, 3.63) is 35.9 Å². The summed E-state index contributed by atoms with van der Waals surface area (Å²) in [6, 6.07) is 11.1. The van der Waals surface area contributed by atoms with Crippen LogP contribution >= 0.6 is 24.8 Å². The number of nitrogens with zero attached hydrogens (tertiary/aromatic N) is 1. The number of likely N-dealkylation sites (tertiary alicyclic amines) is 1. The van der Waals surface area contributed by atoms with Crippen molar-refractivity contribution < 1.29 is 4.79 Å². The van der Waals surface area contributed by atoms with E-state index in [4.69, 9.17) is 0 Å². The van der Waals surface area contributed by atoms with E-state index in [1.807, 2.05) is 0 Å². The van der Waals surface area contributed by atoms with Gasteiger partial charge in [0.05, 0.1) is 6.54 Å². The van der Waals surface area contributed by atoms with Gasteiger partial charge in [-0.25, -0.2) is 0 Å². The van der Waals surface area contributed by atoms with Gasteiger partial charge in [-0.2, -0.15) is 0 Å². The third kappa shape index (κ3) is 6.98. The predicted octanol–water partition coefficient (Wildman–Crippen LogP) is 2.61. The zero-order chi connectivity index (χ0) is 15.2. The maximum atomic E-state index is 11.9. The summed E-state index contributed by atoms with van der Waals surface area (Å²) in [5.41, 5.74) is 1.35. The Morgan fingerprint density at radius 2 is 1.83 bits per heavy atom. The molecule has 1 amide bonds. The molecule has 1 heterocycles. The highest BCUT2D eigenvalue weighted by atomic mass is 35.5. The molecule has 1 saturated heterocycles. The van der Waals surface area contributed by atoms with E-state index in [9.17, 15) is 4.79 Å². The molecule has 2 aliphatic rings. The Kier molecular flexibility index (Phi) is 9.67. The Balaban J connectivity index is 0.00000144. The molecular weight excluding hydrogens is 345 g/mol. The van der Waals surface area contributed by atoms with Gasteiger partial charge in [0, 0.05) is 19.1 Å². The molecule has 0 aromatic heterocycles. The van der Waals surface area contributed by atoms with Crippen molar-refractivity contribution in [3.63, 3.8) is 0 Å². The van der Waals surface area contributed by atoms with Crippen LogP contribution in [0.1, 0.15) is 31.2 Å². The number of carbonyl (C=O) groups excluding carboxylic acids is 1. The van der Waals surface area contributed by atoms with Gasteiger partial charge in [-0.1, -0.05) is 30.3 Å². The number of hydrogen-bond acceptors (Lipinski definition) is 3. The van der Waals surface area contributed by atoms with Crippen molar-refractivity contribution in [2.75, 3.05) is 26.2 Å². The molecule has 136 valence electrons. The molecular formula is C18H29Cl2N3O. The minimum atomic E-state index is 0. The number of carbonyl (C=O) groups is 1. The topological polar surface area (TPSA) is 44.4 Å². The average molecular weight is 374 g/mol. The Hall–Kier alpha value is -0.810. The molecule has 1 aromatic carbocycles. The molecule has 3 rings (SSSR count). The van der Waals surface area contributed by atoms with Crippen LogP contribution in [0.15, 0.2) is 30.3 Å². The van der Waals surface area contributed by atoms with E-state index >= 15 is 0 Å². The first-order valence-electron chi connectivity index (χ1n) is 8.56. The first-order chi connectivity index (χ1) is 10.8. The van der Waals surface area contributed by atoms with Crippen LogP contribution in [-0.4, -0.2) is 43.0 Å². The standard InChI is InChI=1S/C18H27N3O.2ClH/c22-18(13-19-11-15-8-9-15)20-12-17-7-4-10-21(17)14-16-5-2-1-3-6-16;;/h1-3,5-6,15,17,19H,4,7-14H2,(H,20,22);2*1H. The minimum Gasteiger partial charge on any atom is -0.353 e. The van der Waals surface area contributed by atoms with Crippen LogP contribution in [0.3, 0.4) is 0 Å². The monoisotopic (exact) mass is 373 g/mol. The number of benzene rings is 1. The third-order valence-electron chi connectivity index (χ3n) is 4.68. The van der Waals surface area contributed by atoms with Crippen molar-refractivity contribution in [1.29, 1.82) is 0 Å². The lowest BCUT2D eigenvalue weighted by atomic mass is 10.2. The molecule has 1 aliphatic carbocycles. The SMILES string of the molecule is Cl.Cl.O=C(CNCC1CC1)NCC1CCCN1Cc1ccccc1. The van der Waals surface area contributed by atoms with Crippen LogP contribution in [0, 0.1) is 5.92 Å². The minimum absolute atomic E-state index is 0. The van der Waals surface area contributed by atoms with Gasteiger partial charge in [-0.15, -0.1) is 24.8 Å². The van der Waals surface area contributed by atoms with Crippen molar-refractivity contribution in [2.24, 2.45) is 5.92 Å². The Bertz CT molecular complexity index is 482. The third-order valence-corrected chi connectivity index (χ3v) is 4.68. The van der Waals surface area contributed by atoms with Crippen molar-refractivity contribution >= 4 is 30.7 Å². The summed E-state index contributed by atoms with van der Waals surface area (Å²) in [7, 11) is 0. The van der Waals surface area contributed by atoms with E-state index in [1.165, 1.54) is 31.2 Å². The number of rotatable bonds is 8. The summed E-state index contributed by atoms with van der Waals surface area (Å²) in [5, 5.41) is 6.34. The van der Waals surface area contributed by atoms with Gasteiger partial charge in [-0.05, 0) is 50.3 Å². The molecule has 6 heteroatoms. The summed E-state index contributed by atoms with van der Waals surface area (Å²) in [6.45, 7) is 4.35. The number of amides is 1. The second kappa shape index (κ2) is 10.9. The van der Waals surface area contributed by atoms with E-state index in [1.54, 1.807) is 0 Å². The van der Waals surface area contributed by atoms with Crippen LogP contribution in [0.25, 0.3) is 0 Å². The first-order valence-corrected chi connectivity index (χ1v) is 8.56. The smallest absolute Gasteiger partial charge is 0.234 e. The van der Waals surface area contributed by atoms with Gasteiger partial charge in [0.25, 0.3) is 0 Å². The van der Waals surface area contributed by atoms with Crippen molar-refractivity contribution in [3.8, 4) is 0 Å². The second-order valence-electron chi connectivity index (χ2n) is 6.63. The molecule has 0 radical (unpaired) electrons. The summed E-state index contributed by atoms with van der Waals surface area (Å²) < 4.78 is 0. The molecule has 1 atom stereocenters. The van der Waals surface area contributed by atoms with E-state index in [2.05, 4.69) is 45.9 Å². The molecule has 1 aromatic rings. The second-order valence-corrected chi connectivity index (χ2v) is 6.63. The van der Waals surface area contributed by atoms with Crippen LogP contribution < -0.4 is 10.6 Å². The number of nitrogens with one attached hydrogen (secondary N) is 2. The molecule has 24 heavy (non-hydrogen) atoms. The summed E-state index contributed by atoms with van der Waals surface area (Å²) in [5.74, 6) is 0.955. The maximum Gasteiger partial charge on any atom is 0.234 e. The lowest BCUT2D eigenvalue weighted by Crippen LogP contribution is -2.42. The molecule has 1 aliphatic heterocycles. The molecule has 1 unspecified atom stereocenters. The normalized spacial score (nSPS) is 20.1. The van der Waals surface area contributed by atoms with Gasteiger partial charge in [0.2, 0.25) is 5.91 Å². The van der Waals surface area contributed by atoms with Gasteiger partial charge in [0.1, 0.15) is 0 Å². The maximum absolute atomic E-state index is 11.9. The highest BCUT2D eigenvalue weighted by Gasteiger charge is 2.25. The summed E-state index contributed by atoms with van der Waals surface area (Å²) >= 11 is 0. The highest BCUT2D eigenvalue weighted by Crippen LogP contribution is 2.27. The lowest BCUT2D eigenvalue weighted by Gasteiger charge is -2.24. The zero-order valence-corrected chi connectivity index (χ0v) is 15.7. The van der Waals surface area contributed by atoms with Gasteiger partial charge >= 0.3 is 0 Å². The highest BCUT2D eigenvalue weighted by molar-refractivity contribution is 5.85. The van der Waals surface area contributed by atoms with E-state index in [0.717, 1.165) is 32.1 Å². The van der Waals surface area contributed by atoms with Crippen LogP contribution in [0.5, 0.6) is 0 Å². The van der Waals surface area contributed by atoms with E-state index in [-0.39, 0.29) is 30.7 Å². The van der Waals surface area contributed by atoms with Crippen molar-refractivity contribution in [1.82, 2.24) is 15.5 Å². The van der Waals surface area contributed by atoms with E-state index < -0.39 is 0 Å². The van der Waals surface area contributed by atoms with Gasteiger partial charge < -0.3 is 10.6 Å². The zero-order valence-electron chi connectivity index (χ0n) is 14.1. The average Bonchev–Trinajstić information content (AvgIpc) is 3.25. The van der Waals surface area contributed by atoms with Gasteiger partial charge in [-0.3, -0.25) is 9.69 Å². The van der Waals surface area contributed by atoms with Crippen LogP contribution in [0.4, 0.5) is 0 Å². The fourth-order valence-electron chi connectivity index (χ4n) is 3.16. The molecule has 2 N–H and O–H groups in total. The van der Waals surface area contributed by atoms with Crippen LogP contribution in [-0.2, 0) is 11.3 Å². The Morgan fingerprint density at radius 1 is 1.08 bits per heavy atom. The Labute approximate surface area is 157 Å². The summed E-state index contributed by atoms with van der Waals surface area (Å²) in [4.78, 5) is 14.4. The first kappa shape index (κ1) is 21.2. The fraction of sp³-hybridized carbons (Fsp3) is 0.611. The molecule has 4 nitrogen and oxygen atoms in total. The molecule has 2 fully saturated rings. The van der Waals surface area contributed by atoms with Crippen molar-refractivity contribution in [2.45, 2.75) is 38.3 Å². The molecule has 0 bridgehead atoms. The fourth-order valence-corrected chi connectivity index (χ4v) is 3.16. The van der Waals surface area contributed by atoms with E-state index in [0.29, 0.717) is 12.6 Å². The summed E-state index contributed by atoms with van der Waals surface area (Å²) in [6.07, 6.45) is 5.06. The quantitative estimate of drug-likeness (QED) is 0.735. The van der Waals surface area contributed by atoms with Crippen LogP contribution in [0.2, 0.25) is 0 Å². The lowest BCUT2D eigenvalue weighted by molar-refractivity contribution is -0.120. The molecule has 1 saturated carbocycles. The molecule has 0 spiro atoms. The van der Waals surface area contributed by atoms with Gasteiger partial charge in [0.15, 0.2) is 0 Å². The Morgan fingerprint density at radius 3 is 2.54 bits per heavy atom. The largest absolute Gasteiger partial charge is 0.353 e. The predicted molar refractivity (Wildman–Crippen MR) is 103 cm³/mol. The number of hydrogen-bond donors (Lipinski definition) is 2. The number of halogens is 2.